The Labute approximate surface area is 166 Å². The Morgan fingerprint density at radius 3 is 2.00 bits per heavy atom. The van der Waals surface area contributed by atoms with Crippen molar-refractivity contribution in [1.82, 2.24) is 15.1 Å². The van der Waals surface area contributed by atoms with E-state index < -0.39 is 5.54 Å². The minimum absolute atomic E-state index is 0.211. The molecular formula is C23H27N3O2. The number of carbonyl (C=O) groups excluding carboxylic acids is 2. The maximum atomic E-state index is 13.7. The first-order valence-electron chi connectivity index (χ1n) is 10.1. The van der Waals surface area contributed by atoms with Crippen LogP contribution in [-0.2, 0) is 10.3 Å². The van der Waals surface area contributed by atoms with Gasteiger partial charge in [-0.3, -0.25) is 9.69 Å². The van der Waals surface area contributed by atoms with E-state index >= 15 is 0 Å². The van der Waals surface area contributed by atoms with E-state index in [4.69, 9.17) is 0 Å². The van der Waals surface area contributed by atoms with Crippen LogP contribution in [0, 0.1) is 0 Å². The molecule has 1 aliphatic carbocycles. The van der Waals surface area contributed by atoms with Crippen LogP contribution in [0.15, 0.2) is 60.7 Å². The predicted molar refractivity (Wildman–Crippen MR) is 109 cm³/mol. The number of nitrogens with one attached hydrogen (secondary N) is 1. The fraction of sp³-hybridized carbons (Fsp3) is 0.391. The number of carbonyl (C=O) groups is 2. The van der Waals surface area contributed by atoms with Gasteiger partial charge < -0.3 is 5.32 Å². The molecule has 2 aliphatic rings. The lowest BCUT2D eigenvalue weighted by atomic mass is 9.83. The molecule has 1 saturated heterocycles. The normalized spacial score (nSPS) is 19.9. The molecule has 3 amide bonds. The van der Waals surface area contributed by atoms with Crippen LogP contribution >= 0.6 is 0 Å². The lowest BCUT2D eigenvalue weighted by Crippen LogP contribution is -2.47. The minimum Gasteiger partial charge on any atom is -0.315 e. The first kappa shape index (κ1) is 18.7. The molecule has 2 aromatic carbocycles. The molecule has 0 spiro atoms. The van der Waals surface area contributed by atoms with Crippen molar-refractivity contribution in [1.29, 1.82) is 0 Å². The van der Waals surface area contributed by atoms with E-state index in [1.807, 2.05) is 67.7 Å². The van der Waals surface area contributed by atoms with E-state index in [0.717, 1.165) is 24.0 Å². The summed E-state index contributed by atoms with van der Waals surface area (Å²) in [7, 11) is 2.02. The van der Waals surface area contributed by atoms with E-state index in [1.54, 1.807) is 0 Å². The van der Waals surface area contributed by atoms with Crippen molar-refractivity contribution in [3.05, 3.63) is 71.8 Å². The summed E-state index contributed by atoms with van der Waals surface area (Å²) >= 11 is 0. The summed E-state index contributed by atoms with van der Waals surface area (Å²) in [5.74, 6) is -0.211. The highest BCUT2D eigenvalue weighted by Gasteiger charge is 2.53. The molecule has 1 N–H and O–H groups in total. The Kier molecular flexibility index (Phi) is 5.18. The zero-order valence-electron chi connectivity index (χ0n) is 16.3. The van der Waals surface area contributed by atoms with Crippen LogP contribution in [0.1, 0.15) is 43.2 Å². The molecule has 0 radical (unpaired) electrons. The van der Waals surface area contributed by atoms with Crippen molar-refractivity contribution in [3.8, 4) is 0 Å². The second-order valence-electron chi connectivity index (χ2n) is 7.84. The zero-order chi connectivity index (χ0) is 19.6. The van der Waals surface area contributed by atoms with E-state index in [2.05, 4.69) is 10.2 Å². The van der Waals surface area contributed by atoms with Crippen molar-refractivity contribution < 1.29 is 9.59 Å². The van der Waals surface area contributed by atoms with Gasteiger partial charge in [0.2, 0.25) is 0 Å². The Bertz CT molecular complexity index is 792. The number of imide groups is 1. The number of urea groups is 1. The third-order valence-electron chi connectivity index (χ3n) is 6.08. The van der Waals surface area contributed by atoms with Gasteiger partial charge in [-0.25, -0.2) is 9.69 Å². The number of rotatable bonds is 5. The monoisotopic (exact) mass is 377 g/mol. The maximum Gasteiger partial charge on any atom is 0.326 e. The molecule has 146 valence electrons. The SMILES string of the molecule is CN(CN1C(=O)NC(c2ccccc2)(c2ccccc2)C1=O)C1CCCCC1. The molecule has 28 heavy (non-hydrogen) atoms. The number of amides is 3. The molecule has 0 atom stereocenters. The Hall–Kier alpha value is -2.66. The molecule has 0 aromatic heterocycles. The fourth-order valence-electron chi connectivity index (χ4n) is 4.50. The molecular weight excluding hydrogens is 350 g/mol. The Morgan fingerprint density at radius 2 is 1.46 bits per heavy atom. The van der Waals surface area contributed by atoms with Gasteiger partial charge in [-0.15, -0.1) is 0 Å². The number of hydrogen-bond donors (Lipinski definition) is 1. The van der Waals surface area contributed by atoms with Gasteiger partial charge >= 0.3 is 6.03 Å². The third-order valence-corrected chi connectivity index (χ3v) is 6.08. The summed E-state index contributed by atoms with van der Waals surface area (Å²) < 4.78 is 0. The van der Waals surface area contributed by atoms with Crippen molar-refractivity contribution in [2.75, 3.05) is 13.7 Å². The fourth-order valence-corrected chi connectivity index (χ4v) is 4.50. The van der Waals surface area contributed by atoms with E-state index in [0.29, 0.717) is 12.7 Å². The van der Waals surface area contributed by atoms with Gasteiger partial charge in [0.05, 0.1) is 6.67 Å². The Balaban J connectivity index is 1.67. The zero-order valence-corrected chi connectivity index (χ0v) is 16.3. The molecule has 1 heterocycles. The van der Waals surface area contributed by atoms with Crippen LogP contribution in [0.4, 0.5) is 4.79 Å². The van der Waals surface area contributed by atoms with Gasteiger partial charge in [-0.1, -0.05) is 79.9 Å². The average Bonchev–Trinajstić information content (AvgIpc) is 3.01. The molecule has 1 aliphatic heterocycles. The highest BCUT2D eigenvalue weighted by Crippen LogP contribution is 2.36. The second-order valence-corrected chi connectivity index (χ2v) is 7.84. The minimum atomic E-state index is -1.17. The van der Waals surface area contributed by atoms with Crippen molar-refractivity contribution >= 4 is 11.9 Å². The quantitative estimate of drug-likeness (QED) is 0.809. The van der Waals surface area contributed by atoms with Crippen molar-refractivity contribution in [2.24, 2.45) is 0 Å². The largest absolute Gasteiger partial charge is 0.326 e. The van der Waals surface area contributed by atoms with Crippen LogP contribution < -0.4 is 5.32 Å². The first-order chi connectivity index (χ1) is 13.6. The van der Waals surface area contributed by atoms with Gasteiger partial charge in [0.1, 0.15) is 0 Å². The topological polar surface area (TPSA) is 52.6 Å². The summed E-state index contributed by atoms with van der Waals surface area (Å²) in [4.78, 5) is 30.1. The highest BCUT2D eigenvalue weighted by atomic mass is 16.2. The Morgan fingerprint density at radius 1 is 0.929 bits per heavy atom. The van der Waals surface area contributed by atoms with Gasteiger partial charge in [-0.05, 0) is 31.0 Å². The molecule has 5 heteroatoms. The van der Waals surface area contributed by atoms with Crippen LogP contribution in [0.3, 0.4) is 0 Å². The molecule has 5 nitrogen and oxygen atoms in total. The van der Waals surface area contributed by atoms with Crippen LogP contribution in [0.5, 0.6) is 0 Å². The van der Waals surface area contributed by atoms with Gasteiger partial charge in [0.15, 0.2) is 5.54 Å². The predicted octanol–water partition coefficient (Wildman–Crippen LogP) is 3.70. The summed E-state index contributed by atoms with van der Waals surface area (Å²) in [6.07, 6.45) is 5.96. The summed E-state index contributed by atoms with van der Waals surface area (Å²) in [5, 5.41) is 3.02. The standard InChI is InChI=1S/C23H27N3O2/c1-25(20-15-9-4-10-16-20)17-26-21(27)23(24-22(26)28,18-11-5-2-6-12-18)19-13-7-3-8-14-19/h2-3,5-8,11-14,20H,4,9-10,15-17H2,1H3,(H,24,28). The summed E-state index contributed by atoms with van der Waals surface area (Å²) in [6.45, 7) is 0.316. The van der Waals surface area contributed by atoms with Crippen molar-refractivity contribution in [2.45, 2.75) is 43.7 Å². The van der Waals surface area contributed by atoms with Gasteiger partial charge in [-0.2, -0.15) is 0 Å². The van der Waals surface area contributed by atoms with Gasteiger partial charge in [0, 0.05) is 6.04 Å². The van der Waals surface area contributed by atoms with Gasteiger partial charge in [0.25, 0.3) is 5.91 Å². The molecule has 2 fully saturated rings. The molecule has 0 bridgehead atoms. The first-order valence-corrected chi connectivity index (χ1v) is 10.1. The van der Waals surface area contributed by atoms with Crippen molar-refractivity contribution in [3.63, 3.8) is 0 Å². The molecule has 0 unspecified atom stereocenters. The summed E-state index contributed by atoms with van der Waals surface area (Å²) in [6, 6.07) is 19.1. The second kappa shape index (κ2) is 7.76. The molecule has 2 aromatic rings. The van der Waals surface area contributed by atoms with E-state index in [1.165, 1.54) is 24.2 Å². The van der Waals surface area contributed by atoms with Crippen LogP contribution in [0.25, 0.3) is 0 Å². The smallest absolute Gasteiger partial charge is 0.315 e. The molecule has 4 rings (SSSR count). The lowest BCUT2D eigenvalue weighted by Gasteiger charge is -2.33. The number of benzene rings is 2. The van der Waals surface area contributed by atoms with E-state index in [9.17, 15) is 9.59 Å². The number of nitrogens with zero attached hydrogens (tertiary/aromatic N) is 2. The summed E-state index contributed by atoms with van der Waals surface area (Å²) in [5.41, 5.74) is 0.386. The number of hydrogen-bond acceptors (Lipinski definition) is 3. The van der Waals surface area contributed by atoms with Crippen LogP contribution in [-0.4, -0.2) is 41.5 Å². The third kappa shape index (κ3) is 3.20. The maximum absolute atomic E-state index is 13.7. The lowest BCUT2D eigenvalue weighted by molar-refractivity contribution is -0.132. The van der Waals surface area contributed by atoms with E-state index in [-0.39, 0.29) is 11.9 Å². The molecule has 1 saturated carbocycles. The highest BCUT2D eigenvalue weighted by molar-refractivity contribution is 6.09. The average molecular weight is 377 g/mol. The van der Waals surface area contributed by atoms with Crippen LogP contribution in [0.2, 0.25) is 0 Å².